The van der Waals surface area contributed by atoms with Gasteiger partial charge in [0.15, 0.2) is 0 Å². The fourth-order valence-corrected chi connectivity index (χ4v) is 5.27. The van der Waals surface area contributed by atoms with Crippen molar-refractivity contribution in [2.24, 2.45) is 4.99 Å². The molecule has 1 atom stereocenters. The maximum atomic E-state index is 15.3. The lowest BCUT2D eigenvalue weighted by Crippen LogP contribution is -2.55. The molecule has 1 saturated heterocycles. The third kappa shape index (κ3) is 5.59. The van der Waals surface area contributed by atoms with E-state index >= 15 is 4.39 Å². The number of ether oxygens (including phenoxy) is 2. The molecule has 0 saturated carbocycles. The number of alkyl halides is 3. The van der Waals surface area contributed by atoms with E-state index in [-0.39, 0.29) is 28.6 Å². The zero-order valence-corrected chi connectivity index (χ0v) is 22.4. The number of piperazine rings is 1. The summed E-state index contributed by atoms with van der Waals surface area (Å²) in [5.74, 6) is -0.952. The van der Waals surface area contributed by atoms with Gasteiger partial charge < -0.3 is 29.3 Å². The number of aliphatic carboxylic acids is 1. The summed E-state index contributed by atoms with van der Waals surface area (Å²) >= 11 is 0. The van der Waals surface area contributed by atoms with E-state index in [1.54, 1.807) is 13.2 Å². The van der Waals surface area contributed by atoms with Crippen molar-refractivity contribution in [2.75, 3.05) is 50.2 Å². The molecule has 41 heavy (non-hydrogen) atoms. The minimum atomic E-state index is -4.68. The van der Waals surface area contributed by atoms with Gasteiger partial charge in [-0.05, 0) is 42.5 Å². The molecule has 1 fully saturated rings. The maximum Gasteiger partial charge on any atom is 0.416 e. The van der Waals surface area contributed by atoms with Crippen LogP contribution in [0.2, 0.25) is 0 Å². The first-order chi connectivity index (χ1) is 19.6. The van der Waals surface area contributed by atoms with Crippen molar-refractivity contribution in [1.29, 1.82) is 0 Å². The fourth-order valence-electron chi connectivity index (χ4n) is 5.27. The number of carbonyl (C=O) groups is 1. The van der Waals surface area contributed by atoms with Gasteiger partial charge in [0, 0.05) is 43.5 Å². The van der Waals surface area contributed by atoms with Gasteiger partial charge in [-0.15, -0.1) is 0 Å². The smallest absolute Gasteiger partial charge is 0.416 e. The molecule has 8 nitrogen and oxygen atoms in total. The monoisotopic (exact) mass is 572 g/mol. The van der Waals surface area contributed by atoms with Gasteiger partial charge in [0.05, 0.1) is 43.6 Å². The number of hydrogen-bond acceptors (Lipinski definition) is 7. The lowest BCUT2D eigenvalue weighted by Gasteiger charge is -2.45. The van der Waals surface area contributed by atoms with Gasteiger partial charge >= 0.3 is 12.1 Å². The van der Waals surface area contributed by atoms with E-state index in [0.29, 0.717) is 31.9 Å². The van der Waals surface area contributed by atoms with E-state index in [4.69, 9.17) is 14.5 Å². The number of benzene rings is 3. The van der Waals surface area contributed by atoms with Crippen LogP contribution >= 0.6 is 0 Å². The van der Waals surface area contributed by atoms with E-state index in [9.17, 15) is 23.1 Å². The second-order valence-electron chi connectivity index (χ2n) is 9.63. The molecular weight excluding hydrogens is 544 g/mol. The first kappa shape index (κ1) is 28.1. The number of guanidine groups is 1. The number of rotatable bonds is 6. The Morgan fingerprint density at radius 3 is 2.34 bits per heavy atom. The highest BCUT2D eigenvalue weighted by Crippen LogP contribution is 2.46. The van der Waals surface area contributed by atoms with Crippen LogP contribution in [0.4, 0.5) is 34.6 Å². The number of nitrogens with zero attached hydrogens (tertiary/aromatic N) is 4. The van der Waals surface area contributed by atoms with E-state index in [1.807, 2.05) is 29.2 Å². The molecule has 5 rings (SSSR count). The highest BCUT2D eigenvalue weighted by atomic mass is 19.4. The summed E-state index contributed by atoms with van der Waals surface area (Å²) in [4.78, 5) is 22.1. The third-order valence-corrected chi connectivity index (χ3v) is 7.23. The summed E-state index contributed by atoms with van der Waals surface area (Å²) in [5.41, 5.74) is 0.152. The Balaban J connectivity index is 1.60. The Kier molecular flexibility index (Phi) is 7.65. The Bertz CT molecular complexity index is 1470. The van der Waals surface area contributed by atoms with Crippen LogP contribution in [-0.4, -0.2) is 62.3 Å². The third-order valence-electron chi connectivity index (χ3n) is 7.23. The van der Waals surface area contributed by atoms with Crippen molar-refractivity contribution < 1.29 is 36.9 Å². The molecule has 0 radical (unpaired) electrons. The second kappa shape index (κ2) is 11.2. The Morgan fingerprint density at radius 1 is 0.976 bits per heavy atom. The lowest BCUT2D eigenvalue weighted by molar-refractivity contribution is -0.138. The van der Waals surface area contributed by atoms with Crippen LogP contribution in [0.3, 0.4) is 0 Å². The molecule has 0 aliphatic carbocycles. The summed E-state index contributed by atoms with van der Waals surface area (Å²) in [6, 6.07) is 13.6. The fraction of sp³-hybridized carbons (Fsp3) is 0.310. The minimum absolute atomic E-state index is 0.00636. The van der Waals surface area contributed by atoms with Gasteiger partial charge in [-0.2, -0.15) is 13.2 Å². The number of carboxylic acid groups (broad SMARTS) is 1. The van der Waals surface area contributed by atoms with Crippen molar-refractivity contribution in [1.82, 2.24) is 4.90 Å². The summed E-state index contributed by atoms with van der Waals surface area (Å²) in [7, 11) is 2.89. The Hall–Kier alpha value is -4.48. The highest BCUT2D eigenvalue weighted by molar-refractivity contribution is 6.02. The van der Waals surface area contributed by atoms with Gasteiger partial charge in [-0.1, -0.05) is 12.1 Å². The van der Waals surface area contributed by atoms with Crippen LogP contribution in [0.1, 0.15) is 23.6 Å². The molecule has 2 aliphatic heterocycles. The SMILES string of the molecule is COc1cccc(N2CCN(C3=Nc4cccc(F)c4[C@H](CC(=O)O)N3c3cc(C(F)(F)F)ccc3OC)CC2)c1. The molecule has 0 bridgehead atoms. The highest BCUT2D eigenvalue weighted by Gasteiger charge is 2.40. The number of fused-ring (bicyclic) bond motifs is 1. The van der Waals surface area contributed by atoms with E-state index < -0.39 is 36.0 Å². The van der Waals surface area contributed by atoms with Crippen LogP contribution in [0.25, 0.3) is 0 Å². The molecule has 0 aromatic heterocycles. The molecule has 3 aromatic carbocycles. The molecule has 0 spiro atoms. The molecule has 1 N–H and O–H groups in total. The molecule has 2 heterocycles. The van der Waals surface area contributed by atoms with E-state index in [1.165, 1.54) is 30.2 Å². The predicted octanol–water partition coefficient (Wildman–Crippen LogP) is 5.71. The Labute approximate surface area is 234 Å². The van der Waals surface area contributed by atoms with Crippen molar-refractivity contribution in [3.8, 4) is 11.5 Å². The van der Waals surface area contributed by atoms with Crippen LogP contribution in [-0.2, 0) is 11.0 Å². The minimum Gasteiger partial charge on any atom is -0.497 e. The predicted molar refractivity (Wildman–Crippen MR) is 146 cm³/mol. The average Bonchev–Trinajstić information content (AvgIpc) is 2.96. The van der Waals surface area contributed by atoms with Gasteiger partial charge in [0.25, 0.3) is 0 Å². The van der Waals surface area contributed by atoms with E-state index in [2.05, 4.69) is 4.90 Å². The van der Waals surface area contributed by atoms with Crippen LogP contribution in [0.15, 0.2) is 65.7 Å². The molecule has 3 aromatic rings. The topological polar surface area (TPSA) is 77.8 Å². The van der Waals surface area contributed by atoms with Gasteiger partial charge in [-0.25, -0.2) is 9.38 Å². The van der Waals surface area contributed by atoms with Gasteiger partial charge in [0.1, 0.15) is 17.3 Å². The molecule has 0 amide bonds. The summed E-state index contributed by atoms with van der Waals surface area (Å²) in [6.45, 7) is 1.91. The summed E-state index contributed by atoms with van der Waals surface area (Å²) in [6.07, 6.45) is -5.27. The van der Waals surface area contributed by atoms with Crippen molar-refractivity contribution in [3.63, 3.8) is 0 Å². The average molecular weight is 573 g/mol. The number of carboxylic acids is 1. The summed E-state index contributed by atoms with van der Waals surface area (Å²) < 4.78 is 67.5. The van der Waals surface area contributed by atoms with Gasteiger partial charge in [0.2, 0.25) is 5.96 Å². The number of methoxy groups -OCH3 is 2. The summed E-state index contributed by atoms with van der Waals surface area (Å²) in [5, 5.41) is 9.83. The number of anilines is 2. The van der Waals surface area contributed by atoms with Crippen molar-refractivity contribution >= 4 is 29.0 Å². The van der Waals surface area contributed by atoms with Crippen molar-refractivity contribution in [3.05, 3.63) is 77.6 Å². The zero-order valence-electron chi connectivity index (χ0n) is 22.4. The quantitative estimate of drug-likeness (QED) is 0.380. The maximum absolute atomic E-state index is 15.3. The van der Waals surface area contributed by atoms with Crippen molar-refractivity contribution in [2.45, 2.75) is 18.6 Å². The largest absolute Gasteiger partial charge is 0.497 e. The molecule has 216 valence electrons. The molecule has 0 unspecified atom stereocenters. The lowest BCUT2D eigenvalue weighted by atomic mass is 9.96. The molecular formula is C29H28F4N4O4. The van der Waals surface area contributed by atoms with Gasteiger partial charge in [-0.3, -0.25) is 4.79 Å². The zero-order chi connectivity index (χ0) is 29.3. The standard InChI is InChI=1S/C29H28F4N4O4/c1-40-20-6-3-5-19(16-20)35-11-13-36(14-12-35)28-34-22-8-4-7-21(30)27(22)24(17-26(38)39)37(28)23-15-18(29(31,32)33)9-10-25(23)41-2/h3-10,15-16,24H,11-14,17H2,1-2H3,(H,38,39)/t24-/m0/s1. The number of halogens is 4. The second-order valence-corrected chi connectivity index (χ2v) is 9.63. The van der Waals surface area contributed by atoms with E-state index in [0.717, 1.165) is 17.8 Å². The first-order valence-electron chi connectivity index (χ1n) is 12.9. The normalized spacial score (nSPS) is 17.2. The number of aliphatic imine (C=N–C) groups is 1. The van der Waals surface area contributed by atoms with Crippen LogP contribution in [0, 0.1) is 5.82 Å². The van der Waals surface area contributed by atoms with Crippen LogP contribution < -0.4 is 19.3 Å². The molecule has 12 heteroatoms. The number of hydrogen-bond donors (Lipinski definition) is 1. The Morgan fingerprint density at radius 2 is 1.68 bits per heavy atom. The molecule has 2 aliphatic rings. The first-order valence-corrected chi connectivity index (χ1v) is 12.9. The van der Waals surface area contributed by atoms with Crippen LogP contribution in [0.5, 0.6) is 11.5 Å².